The minimum Gasteiger partial charge on any atom is -0.444 e. The predicted molar refractivity (Wildman–Crippen MR) is 102 cm³/mol. The second kappa shape index (κ2) is 8.34. The minimum atomic E-state index is -1.11. The van der Waals surface area contributed by atoms with Gasteiger partial charge in [-0.05, 0) is 45.0 Å². The van der Waals surface area contributed by atoms with Crippen LogP contribution in [0.1, 0.15) is 20.8 Å². The summed E-state index contributed by atoms with van der Waals surface area (Å²) in [5, 5.41) is 12.9. The van der Waals surface area contributed by atoms with Gasteiger partial charge < -0.3 is 34.4 Å². The van der Waals surface area contributed by atoms with Gasteiger partial charge in [0.25, 0.3) is 5.91 Å². The van der Waals surface area contributed by atoms with Gasteiger partial charge in [-0.1, -0.05) is 0 Å². The third-order valence-corrected chi connectivity index (χ3v) is 4.33. The van der Waals surface area contributed by atoms with E-state index in [0.29, 0.717) is 19.7 Å². The summed E-state index contributed by atoms with van der Waals surface area (Å²) in [7, 11) is 0. The van der Waals surface area contributed by atoms with Crippen molar-refractivity contribution in [1.82, 2.24) is 5.32 Å². The fourth-order valence-electron chi connectivity index (χ4n) is 3.07. The topological polar surface area (TPSA) is 101 Å². The number of nitrogens with one attached hydrogen (secondary N) is 1. The molecule has 2 aliphatic rings. The maximum absolute atomic E-state index is 11.9. The average molecular weight is 393 g/mol. The molecule has 1 aromatic rings. The molecule has 28 heavy (non-hydrogen) atoms. The quantitative estimate of drug-likeness (QED) is 0.789. The average Bonchev–Trinajstić information content (AvgIpc) is 3.00. The van der Waals surface area contributed by atoms with Gasteiger partial charge in [-0.15, -0.1) is 0 Å². The highest BCUT2D eigenvalue weighted by Gasteiger charge is 2.32. The van der Waals surface area contributed by atoms with Crippen LogP contribution in [0.4, 0.5) is 16.2 Å². The van der Waals surface area contributed by atoms with E-state index in [0.717, 1.165) is 11.4 Å². The largest absolute Gasteiger partial charge is 0.444 e. The molecule has 2 saturated heterocycles. The Balaban J connectivity index is 1.55. The first kappa shape index (κ1) is 20.4. The predicted octanol–water partition coefficient (Wildman–Crippen LogP) is 1.06. The van der Waals surface area contributed by atoms with Crippen molar-refractivity contribution in [1.29, 1.82) is 0 Å². The number of carbonyl (C=O) groups is 2. The van der Waals surface area contributed by atoms with Crippen LogP contribution in [0.3, 0.4) is 0 Å². The number of hydrogen-bond acceptors (Lipinski definition) is 7. The highest BCUT2D eigenvalue weighted by molar-refractivity contribution is 5.95. The Morgan fingerprint density at radius 1 is 1.29 bits per heavy atom. The smallest absolute Gasteiger partial charge is 0.407 e. The van der Waals surface area contributed by atoms with E-state index in [4.69, 9.17) is 14.2 Å². The van der Waals surface area contributed by atoms with Crippen molar-refractivity contribution < 1.29 is 28.9 Å². The molecule has 2 amide bonds. The van der Waals surface area contributed by atoms with E-state index >= 15 is 0 Å². The van der Waals surface area contributed by atoms with Crippen molar-refractivity contribution in [2.45, 2.75) is 38.9 Å². The molecule has 154 valence electrons. The van der Waals surface area contributed by atoms with Gasteiger partial charge >= 0.3 is 6.09 Å². The van der Waals surface area contributed by atoms with Gasteiger partial charge in [-0.2, -0.15) is 0 Å². The van der Waals surface area contributed by atoms with Crippen molar-refractivity contribution in [3.63, 3.8) is 0 Å². The van der Waals surface area contributed by atoms with Crippen LogP contribution in [-0.2, 0) is 19.0 Å². The van der Waals surface area contributed by atoms with Crippen LogP contribution >= 0.6 is 0 Å². The molecule has 1 unspecified atom stereocenters. The third-order valence-electron chi connectivity index (χ3n) is 4.33. The van der Waals surface area contributed by atoms with E-state index in [-0.39, 0.29) is 25.2 Å². The first-order valence-corrected chi connectivity index (χ1v) is 9.28. The lowest BCUT2D eigenvalue weighted by molar-refractivity contribution is -0.125. The summed E-state index contributed by atoms with van der Waals surface area (Å²) in [5.41, 5.74) is 0.974. The van der Waals surface area contributed by atoms with Crippen LogP contribution < -0.4 is 15.1 Å². The summed E-state index contributed by atoms with van der Waals surface area (Å²) >= 11 is 0. The van der Waals surface area contributed by atoms with E-state index in [1.165, 1.54) is 0 Å². The van der Waals surface area contributed by atoms with Crippen molar-refractivity contribution in [2.24, 2.45) is 0 Å². The number of carbonyl (C=O) groups excluding carboxylic acids is 2. The monoisotopic (exact) mass is 393 g/mol. The molecule has 0 aromatic heterocycles. The Morgan fingerprint density at radius 3 is 2.61 bits per heavy atom. The second-order valence-electron chi connectivity index (χ2n) is 7.73. The molecule has 9 heteroatoms. The number of morpholine rings is 1. The molecule has 2 N–H and O–H groups in total. The number of nitrogens with zero attached hydrogens (tertiary/aromatic N) is 2. The standard InChI is InChI=1S/C19H27N3O6/c1-19(2,3)28-17(24)20-10-15-11-22(18(25)27-15)14-6-4-13(5-7-14)21-8-9-26-12-16(21)23/h4-7,15,18,25H,8-12H2,1-3H3,(H,20,24)/t15-,18?/m0/s1. The lowest BCUT2D eigenvalue weighted by Crippen LogP contribution is -2.41. The Morgan fingerprint density at radius 2 is 1.96 bits per heavy atom. The zero-order valence-corrected chi connectivity index (χ0v) is 16.4. The van der Waals surface area contributed by atoms with Crippen molar-refractivity contribution in [3.05, 3.63) is 24.3 Å². The number of benzene rings is 1. The summed E-state index contributed by atoms with van der Waals surface area (Å²) < 4.78 is 15.8. The number of hydrogen-bond donors (Lipinski definition) is 2. The molecular formula is C19H27N3O6. The zero-order valence-electron chi connectivity index (χ0n) is 16.4. The normalized spacial score (nSPS) is 23.1. The first-order chi connectivity index (χ1) is 13.2. The first-order valence-electron chi connectivity index (χ1n) is 9.28. The molecule has 2 heterocycles. The van der Waals surface area contributed by atoms with Crippen molar-refractivity contribution in [2.75, 3.05) is 42.6 Å². The SMILES string of the molecule is CC(C)(C)OC(=O)NC[C@H]1CN(c2ccc(N3CCOCC3=O)cc2)C(O)O1. The molecule has 0 bridgehead atoms. The van der Waals surface area contributed by atoms with Gasteiger partial charge in [0.15, 0.2) is 0 Å². The molecule has 1 aromatic carbocycles. The lowest BCUT2D eigenvalue weighted by Gasteiger charge is -2.27. The van der Waals surface area contributed by atoms with E-state index in [9.17, 15) is 14.7 Å². The lowest BCUT2D eigenvalue weighted by atomic mass is 10.2. The molecule has 2 aliphatic heterocycles. The van der Waals surface area contributed by atoms with Gasteiger partial charge in [-0.25, -0.2) is 4.79 Å². The summed E-state index contributed by atoms with van der Waals surface area (Å²) in [6.45, 7) is 7.13. The minimum absolute atomic E-state index is 0.0724. The van der Waals surface area contributed by atoms with Crippen molar-refractivity contribution >= 4 is 23.4 Å². The second-order valence-corrected chi connectivity index (χ2v) is 7.73. The number of ether oxygens (including phenoxy) is 3. The molecule has 0 aliphatic carbocycles. The van der Waals surface area contributed by atoms with E-state index < -0.39 is 18.1 Å². The number of anilines is 2. The number of aliphatic hydroxyl groups is 1. The fourth-order valence-corrected chi connectivity index (χ4v) is 3.07. The number of alkyl carbamates (subject to hydrolysis) is 1. The van der Waals surface area contributed by atoms with Crippen LogP contribution in [0.15, 0.2) is 24.3 Å². The molecular weight excluding hydrogens is 366 g/mol. The molecule has 3 rings (SSSR count). The van der Waals surface area contributed by atoms with Crippen LogP contribution in [0.25, 0.3) is 0 Å². The Kier molecular flexibility index (Phi) is 6.07. The van der Waals surface area contributed by atoms with Crippen LogP contribution in [-0.4, -0.2) is 68.1 Å². The summed E-state index contributed by atoms with van der Waals surface area (Å²) in [6.07, 6.45) is -2.01. The zero-order chi connectivity index (χ0) is 20.3. The van der Waals surface area contributed by atoms with Gasteiger partial charge in [0, 0.05) is 24.5 Å². The molecule has 0 radical (unpaired) electrons. The number of rotatable bonds is 4. The molecule has 0 saturated carbocycles. The summed E-state index contributed by atoms with van der Waals surface area (Å²) in [4.78, 5) is 27.1. The van der Waals surface area contributed by atoms with Gasteiger partial charge in [-0.3, -0.25) is 4.79 Å². The van der Waals surface area contributed by atoms with Gasteiger partial charge in [0.2, 0.25) is 6.41 Å². The molecule has 0 spiro atoms. The van der Waals surface area contributed by atoms with Crippen LogP contribution in [0.5, 0.6) is 0 Å². The highest BCUT2D eigenvalue weighted by Crippen LogP contribution is 2.26. The Hall–Kier alpha value is -2.36. The number of aliphatic hydroxyl groups excluding tert-OH is 1. The highest BCUT2D eigenvalue weighted by atomic mass is 16.6. The Bertz CT molecular complexity index is 703. The maximum atomic E-state index is 11.9. The number of amides is 2. The van der Waals surface area contributed by atoms with E-state index in [1.54, 1.807) is 30.6 Å². The third kappa shape index (κ3) is 5.12. The van der Waals surface area contributed by atoms with Gasteiger partial charge in [0.05, 0.1) is 19.3 Å². The molecule has 2 atom stereocenters. The fraction of sp³-hybridized carbons (Fsp3) is 0.579. The molecule has 2 fully saturated rings. The summed E-state index contributed by atoms with van der Waals surface area (Å²) in [5.74, 6) is -0.0724. The van der Waals surface area contributed by atoms with E-state index in [2.05, 4.69) is 5.32 Å². The van der Waals surface area contributed by atoms with E-state index in [1.807, 2.05) is 24.3 Å². The van der Waals surface area contributed by atoms with Crippen LogP contribution in [0.2, 0.25) is 0 Å². The van der Waals surface area contributed by atoms with Crippen LogP contribution in [0, 0.1) is 0 Å². The Labute approximate surface area is 164 Å². The summed E-state index contributed by atoms with van der Waals surface area (Å²) in [6, 6.07) is 7.32. The van der Waals surface area contributed by atoms with Crippen molar-refractivity contribution in [3.8, 4) is 0 Å². The van der Waals surface area contributed by atoms with Gasteiger partial charge in [0.1, 0.15) is 12.2 Å². The molecule has 9 nitrogen and oxygen atoms in total. The maximum Gasteiger partial charge on any atom is 0.407 e.